The summed E-state index contributed by atoms with van der Waals surface area (Å²) in [4.78, 5) is 8.57. The third-order valence-electron chi connectivity index (χ3n) is 3.32. The van der Waals surface area contributed by atoms with E-state index in [1.807, 2.05) is 12.1 Å². The number of likely N-dealkylation sites (tertiary alicyclic amines) is 1. The van der Waals surface area contributed by atoms with Crippen LogP contribution in [0.3, 0.4) is 0 Å². The Bertz CT molecular complexity index is 424. The molecule has 0 aliphatic carbocycles. The molecule has 1 unspecified atom stereocenters. The number of nitrogens with zero attached hydrogens (tertiary/aromatic N) is 4. The first kappa shape index (κ1) is 11.9. The standard InChI is InChI=1S/C13H18N4/c1-16-6-4-11(9-16)10-17(2)13-3-5-15-12(7-13)8-14/h3,5,7,11H,4,6,9-10H2,1-2H3. The maximum Gasteiger partial charge on any atom is 0.142 e. The summed E-state index contributed by atoms with van der Waals surface area (Å²) in [6, 6.07) is 5.88. The Morgan fingerprint density at radius 1 is 1.65 bits per heavy atom. The van der Waals surface area contributed by atoms with Crippen molar-refractivity contribution in [2.45, 2.75) is 6.42 Å². The van der Waals surface area contributed by atoms with Gasteiger partial charge in [0.2, 0.25) is 0 Å². The summed E-state index contributed by atoms with van der Waals surface area (Å²) >= 11 is 0. The summed E-state index contributed by atoms with van der Waals surface area (Å²) in [6.07, 6.45) is 2.96. The zero-order chi connectivity index (χ0) is 12.3. The quantitative estimate of drug-likeness (QED) is 0.786. The third-order valence-corrected chi connectivity index (χ3v) is 3.32. The van der Waals surface area contributed by atoms with Crippen molar-refractivity contribution in [3.8, 4) is 6.07 Å². The van der Waals surface area contributed by atoms with Gasteiger partial charge in [0.15, 0.2) is 0 Å². The molecular formula is C13H18N4. The number of pyridine rings is 1. The molecule has 0 aromatic carbocycles. The van der Waals surface area contributed by atoms with Crippen LogP contribution in [0.15, 0.2) is 18.3 Å². The van der Waals surface area contributed by atoms with E-state index in [0.717, 1.165) is 18.2 Å². The first-order valence-corrected chi connectivity index (χ1v) is 5.95. The van der Waals surface area contributed by atoms with Gasteiger partial charge < -0.3 is 9.80 Å². The monoisotopic (exact) mass is 230 g/mol. The summed E-state index contributed by atoms with van der Waals surface area (Å²) in [5.74, 6) is 0.726. The van der Waals surface area contributed by atoms with Gasteiger partial charge in [-0.3, -0.25) is 0 Å². The Hall–Kier alpha value is -1.60. The van der Waals surface area contributed by atoms with E-state index in [2.05, 4.69) is 34.9 Å². The lowest BCUT2D eigenvalue weighted by Gasteiger charge is -2.23. The lowest BCUT2D eigenvalue weighted by Crippen LogP contribution is -2.27. The van der Waals surface area contributed by atoms with Crippen molar-refractivity contribution < 1.29 is 0 Å². The maximum atomic E-state index is 8.83. The molecule has 1 aliphatic heterocycles. The molecule has 0 amide bonds. The molecule has 0 N–H and O–H groups in total. The Morgan fingerprint density at radius 3 is 3.12 bits per heavy atom. The number of anilines is 1. The fraction of sp³-hybridized carbons (Fsp3) is 0.538. The summed E-state index contributed by atoms with van der Waals surface area (Å²) in [7, 11) is 4.25. The molecule has 1 aromatic heterocycles. The van der Waals surface area contributed by atoms with Crippen molar-refractivity contribution in [2.75, 3.05) is 38.6 Å². The molecule has 2 heterocycles. The van der Waals surface area contributed by atoms with E-state index in [1.165, 1.54) is 19.5 Å². The van der Waals surface area contributed by atoms with E-state index in [0.29, 0.717) is 5.69 Å². The molecule has 90 valence electrons. The van der Waals surface area contributed by atoms with Crippen LogP contribution >= 0.6 is 0 Å². The first-order valence-electron chi connectivity index (χ1n) is 5.95. The van der Waals surface area contributed by atoms with Crippen molar-refractivity contribution in [1.29, 1.82) is 5.26 Å². The SMILES string of the molecule is CN1CCC(CN(C)c2ccnc(C#N)c2)C1. The smallest absolute Gasteiger partial charge is 0.142 e. The van der Waals surface area contributed by atoms with Crippen molar-refractivity contribution in [1.82, 2.24) is 9.88 Å². The summed E-state index contributed by atoms with van der Waals surface area (Å²) < 4.78 is 0. The average molecular weight is 230 g/mol. The van der Waals surface area contributed by atoms with Crippen molar-refractivity contribution >= 4 is 5.69 Å². The largest absolute Gasteiger partial charge is 0.374 e. The fourth-order valence-corrected chi connectivity index (χ4v) is 2.39. The predicted octanol–water partition coefficient (Wildman–Crippen LogP) is 1.34. The molecule has 1 fully saturated rings. The Kier molecular flexibility index (Phi) is 3.60. The van der Waals surface area contributed by atoms with Crippen LogP contribution in [0.4, 0.5) is 5.69 Å². The van der Waals surface area contributed by atoms with Crippen LogP contribution in [0.25, 0.3) is 0 Å². The zero-order valence-corrected chi connectivity index (χ0v) is 10.4. The van der Waals surface area contributed by atoms with E-state index >= 15 is 0 Å². The molecule has 0 radical (unpaired) electrons. The Morgan fingerprint density at radius 2 is 2.47 bits per heavy atom. The van der Waals surface area contributed by atoms with Gasteiger partial charge in [0, 0.05) is 32.0 Å². The summed E-state index contributed by atoms with van der Waals surface area (Å²) in [6.45, 7) is 3.40. The molecule has 2 rings (SSSR count). The van der Waals surface area contributed by atoms with E-state index < -0.39 is 0 Å². The number of rotatable bonds is 3. The second-order valence-corrected chi connectivity index (χ2v) is 4.81. The molecule has 4 nitrogen and oxygen atoms in total. The molecule has 0 spiro atoms. The van der Waals surface area contributed by atoms with E-state index in [9.17, 15) is 0 Å². The Labute approximate surface area is 102 Å². The van der Waals surface area contributed by atoms with Gasteiger partial charge in [-0.05, 0) is 38.1 Å². The van der Waals surface area contributed by atoms with Gasteiger partial charge in [-0.1, -0.05) is 0 Å². The van der Waals surface area contributed by atoms with Gasteiger partial charge in [0.25, 0.3) is 0 Å². The number of nitriles is 1. The minimum absolute atomic E-state index is 0.484. The molecule has 1 aromatic rings. The average Bonchev–Trinajstić information content (AvgIpc) is 2.75. The van der Waals surface area contributed by atoms with Gasteiger partial charge in [-0.25, -0.2) is 4.98 Å². The number of hydrogen-bond acceptors (Lipinski definition) is 4. The van der Waals surface area contributed by atoms with Gasteiger partial charge >= 0.3 is 0 Å². The molecule has 0 saturated carbocycles. The molecule has 1 aliphatic rings. The van der Waals surface area contributed by atoms with Crippen LogP contribution < -0.4 is 4.90 Å². The van der Waals surface area contributed by atoms with Crippen molar-refractivity contribution in [2.24, 2.45) is 5.92 Å². The highest BCUT2D eigenvalue weighted by Gasteiger charge is 2.20. The fourth-order valence-electron chi connectivity index (χ4n) is 2.39. The minimum atomic E-state index is 0.484. The van der Waals surface area contributed by atoms with Gasteiger partial charge in [-0.2, -0.15) is 5.26 Å². The van der Waals surface area contributed by atoms with Gasteiger partial charge in [0.05, 0.1) is 0 Å². The van der Waals surface area contributed by atoms with Crippen molar-refractivity contribution in [3.63, 3.8) is 0 Å². The van der Waals surface area contributed by atoms with Crippen LogP contribution in [-0.4, -0.2) is 43.6 Å². The van der Waals surface area contributed by atoms with Crippen LogP contribution in [0.5, 0.6) is 0 Å². The molecule has 1 atom stereocenters. The van der Waals surface area contributed by atoms with Crippen LogP contribution in [0.1, 0.15) is 12.1 Å². The predicted molar refractivity (Wildman–Crippen MR) is 67.8 cm³/mol. The lowest BCUT2D eigenvalue weighted by atomic mass is 10.1. The summed E-state index contributed by atoms with van der Waals surface area (Å²) in [5.41, 5.74) is 1.56. The van der Waals surface area contributed by atoms with Crippen LogP contribution in [-0.2, 0) is 0 Å². The second kappa shape index (κ2) is 5.15. The van der Waals surface area contributed by atoms with E-state index in [-0.39, 0.29) is 0 Å². The maximum absolute atomic E-state index is 8.83. The number of hydrogen-bond donors (Lipinski definition) is 0. The number of aromatic nitrogens is 1. The van der Waals surface area contributed by atoms with Crippen molar-refractivity contribution in [3.05, 3.63) is 24.0 Å². The molecule has 1 saturated heterocycles. The minimum Gasteiger partial charge on any atom is -0.374 e. The molecule has 4 heteroatoms. The molecule has 17 heavy (non-hydrogen) atoms. The lowest BCUT2D eigenvalue weighted by molar-refractivity contribution is 0.396. The van der Waals surface area contributed by atoms with Gasteiger partial charge in [-0.15, -0.1) is 0 Å². The zero-order valence-electron chi connectivity index (χ0n) is 10.4. The van der Waals surface area contributed by atoms with E-state index in [4.69, 9.17) is 5.26 Å². The topological polar surface area (TPSA) is 43.2 Å². The van der Waals surface area contributed by atoms with Crippen LogP contribution in [0, 0.1) is 17.2 Å². The highest BCUT2D eigenvalue weighted by molar-refractivity contribution is 5.48. The second-order valence-electron chi connectivity index (χ2n) is 4.81. The normalized spacial score (nSPS) is 20.2. The van der Waals surface area contributed by atoms with E-state index in [1.54, 1.807) is 6.20 Å². The first-order chi connectivity index (χ1) is 8.19. The third kappa shape index (κ3) is 2.95. The molecular weight excluding hydrogens is 212 g/mol. The highest BCUT2D eigenvalue weighted by atomic mass is 15.2. The summed E-state index contributed by atoms with van der Waals surface area (Å²) in [5, 5.41) is 8.83. The highest BCUT2D eigenvalue weighted by Crippen LogP contribution is 2.19. The molecule has 0 bridgehead atoms. The van der Waals surface area contributed by atoms with Crippen LogP contribution in [0.2, 0.25) is 0 Å². The Balaban J connectivity index is 1.99. The van der Waals surface area contributed by atoms with Gasteiger partial charge in [0.1, 0.15) is 11.8 Å².